The molecular weight excluding hydrogens is 364 g/mol. The van der Waals surface area contributed by atoms with Crippen LogP contribution in [0.2, 0.25) is 0 Å². The van der Waals surface area contributed by atoms with Gasteiger partial charge in [0.05, 0.1) is 4.92 Å². The summed E-state index contributed by atoms with van der Waals surface area (Å²) >= 11 is 1.36. The molecule has 1 fully saturated rings. The number of hydrogen-bond donors (Lipinski definition) is 2. The first-order valence-corrected chi connectivity index (χ1v) is 9.05. The van der Waals surface area contributed by atoms with Crippen LogP contribution < -0.4 is 11.1 Å². The lowest BCUT2D eigenvalue weighted by Crippen LogP contribution is -2.12. The summed E-state index contributed by atoms with van der Waals surface area (Å²) in [4.78, 5) is 18.9. The van der Waals surface area contributed by atoms with Gasteiger partial charge < -0.3 is 11.1 Å². The Morgan fingerprint density at radius 3 is 2.81 bits per heavy atom. The largest absolute Gasteiger partial charge is 0.378 e. The molecule has 10 heteroatoms. The third-order valence-corrected chi connectivity index (χ3v) is 5.05. The third-order valence-electron chi connectivity index (χ3n) is 3.99. The SMILES string of the molecule is CCCSc1nc(N)c([N+](=O)[O-])c(N[C@@H]2C[C@H]2c2ccc(F)c(F)c2)n1. The number of halogens is 2. The number of benzene rings is 1. The van der Waals surface area contributed by atoms with Crippen LogP contribution in [0, 0.1) is 21.7 Å². The maximum absolute atomic E-state index is 13.4. The van der Waals surface area contributed by atoms with Crippen molar-refractivity contribution in [1.82, 2.24) is 9.97 Å². The first-order valence-electron chi connectivity index (χ1n) is 8.06. The predicted octanol–water partition coefficient (Wildman–Crippen LogP) is 3.72. The highest BCUT2D eigenvalue weighted by atomic mass is 32.2. The first-order chi connectivity index (χ1) is 12.4. The van der Waals surface area contributed by atoms with Crippen LogP contribution in [0.1, 0.15) is 31.2 Å². The molecule has 7 nitrogen and oxygen atoms in total. The molecule has 0 aliphatic heterocycles. The van der Waals surface area contributed by atoms with Crippen molar-refractivity contribution in [2.45, 2.75) is 36.9 Å². The second-order valence-electron chi connectivity index (χ2n) is 5.96. The number of nitrogens with two attached hydrogens (primary N) is 1. The van der Waals surface area contributed by atoms with Crippen LogP contribution in [-0.4, -0.2) is 26.7 Å². The average molecular weight is 381 g/mol. The topological polar surface area (TPSA) is 107 Å². The summed E-state index contributed by atoms with van der Waals surface area (Å²) in [6, 6.07) is 3.56. The van der Waals surface area contributed by atoms with E-state index in [9.17, 15) is 18.9 Å². The van der Waals surface area contributed by atoms with Gasteiger partial charge in [-0.3, -0.25) is 10.1 Å². The lowest BCUT2D eigenvalue weighted by atomic mass is 10.1. The van der Waals surface area contributed by atoms with Crippen molar-refractivity contribution in [2.24, 2.45) is 0 Å². The van der Waals surface area contributed by atoms with Gasteiger partial charge in [0.15, 0.2) is 16.8 Å². The predicted molar refractivity (Wildman–Crippen MR) is 95.2 cm³/mol. The van der Waals surface area contributed by atoms with Crippen LogP contribution in [0.5, 0.6) is 0 Å². The third kappa shape index (κ3) is 3.85. The van der Waals surface area contributed by atoms with Gasteiger partial charge >= 0.3 is 5.69 Å². The second-order valence-corrected chi connectivity index (χ2v) is 7.02. The van der Waals surface area contributed by atoms with E-state index in [1.165, 1.54) is 17.8 Å². The highest BCUT2D eigenvalue weighted by Crippen LogP contribution is 2.44. The molecular formula is C16H17F2N5O2S. The van der Waals surface area contributed by atoms with Gasteiger partial charge in [-0.05, 0) is 30.5 Å². The summed E-state index contributed by atoms with van der Waals surface area (Å²) in [5.41, 5.74) is 5.99. The van der Waals surface area contributed by atoms with Gasteiger partial charge in [-0.15, -0.1) is 0 Å². The molecule has 0 saturated heterocycles. The molecule has 1 aromatic heterocycles. The summed E-state index contributed by atoms with van der Waals surface area (Å²) in [6.07, 6.45) is 1.53. The Morgan fingerprint density at radius 2 is 2.15 bits per heavy atom. The van der Waals surface area contributed by atoms with Crippen molar-refractivity contribution < 1.29 is 13.7 Å². The van der Waals surface area contributed by atoms with Crippen LogP contribution in [0.3, 0.4) is 0 Å². The number of nitrogen functional groups attached to an aromatic ring is 1. The summed E-state index contributed by atoms with van der Waals surface area (Å²) in [7, 11) is 0. The van der Waals surface area contributed by atoms with Crippen molar-refractivity contribution in [1.29, 1.82) is 0 Å². The highest BCUT2D eigenvalue weighted by Gasteiger charge is 2.40. The van der Waals surface area contributed by atoms with Gasteiger partial charge in [0.2, 0.25) is 11.6 Å². The Labute approximate surface area is 152 Å². The molecule has 1 heterocycles. The number of rotatable bonds is 7. The molecule has 1 aromatic carbocycles. The molecule has 0 bridgehead atoms. The Kier molecular flexibility index (Phi) is 5.21. The molecule has 0 radical (unpaired) electrons. The minimum Gasteiger partial charge on any atom is -0.378 e. The van der Waals surface area contributed by atoms with Crippen molar-refractivity contribution in [3.63, 3.8) is 0 Å². The van der Waals surface area contributed by atoms with E-state index in [1.807, 2.05) is 6.92 Å². The monoisotopic (exact) mass is 381 g/mol. The molecule has 2 aromatic rings. The first kappa shape index (κ1) is 18.3. The Hall–Kier alpha value is -2.49. The minimum atomic E-state index is -0.913. The lowest BCUT2D eigenvalue weighted by molar-refractivity contribution is -0.383. The van der Waals surface area contributed by atoms with Crippen LogP contribution in [0.4, 0.5) is 26.1 Å². The van der Waals surface area contributed by atoms with Crippen molar-refractivity contribution >= 4 is 29.1 Å². The summed E-state index contributed by atoms with van der Waals surface area (Å²) in [5.74, 6) is -1.28. The van der Waals surface area contributed by atoms with Crippen LogP contribution in [-0.2, 0) is 0 Å². The van der Waals surface area contributed by atoms with Crippen molar-refractivity contribution in [3.8, 4) is 0 Å². The standard InChI is InChI=1S/C16H17F2N5O2S/c1-2-5-26-16-21-14(19)13(23(24)25)15(22-16)20-12-7-9(12)8-3-4-10(17)11(18)6-8/h3-4,6,9,12H,2,5,7H2,1H3,(H3,19,20,21,22)/t9-,12+/m0/s1. The number of nitro groups is 1. The summed E-state index contributed by atoms with van der Waals surface area (Å²) < 4.78 is 26.5. The zero-order valence-electron chi connectivity index (χ0n) is 13.9. The van der Waals surface area contributed by atoms with Crippen molar-refractivity contribution in [3.05, 3.63) is 45.5 Å². The fourth-order valence-electron chi connectivity index (χ4n) is 2.63. The quantitative estimate of drug-likeness (QED) is 0.326. The van der Waals surface area contributed by atoms with Crippen LogP contribution >= 0.6 is 11.8 Å². The molecule has 0 spiro atoms. The summed E-state index contributed by atoms with van der Waals surface area (Å²) in [5, 5.41) is 14.7. The maximum Gasteiger partial charge on any atom is 0.353 e. The molecule has 1 aliphatic rings. The van der Waals surface area contributed by atoms with Crippen LogP contribution in [0.25, 0.3) is 0 Å². The minimum absolute atomic E-state index is 0.0520. The number of nitrogens with zero attached hydrogens (tertiary/aromatic N) is 3. The van der Waals surface area contributed by atoms with Gasteiger partial charge in [-0.2, -0.15) is 9.97 Å². The normalized spacial score (nSPS) is 18.6. The fourth-order valence-corrected chi connectivity index (χ4v) is 3.34. The lowest BCUT2D eigenvalue weighted by Gasteiger charge is -2.09. The zero-order chi connectivity index (χ0) is 18.8. The van der Waals surface area contributed by atoms with E-state index in [0.717, 1.165) is 24.3 Å². The molecule has 1 saturated carbocycles. The number of aromatic nitrogens is 2. The molecule has 1 aliphatic carbocycles. The fraction of sp³-hybridized carbons (Fsp3) is 0.375. The van der Waals surface area contributed by atoms with E-state index in [1.54, 1.807) is 0 Å². The van der Waals surface area contributed by atoms with Crippen molar-refractivity contribution in [2.75, 3.05) is 16.8 Å². The number of thioether (sulfide) groups is 1. The van der Waals surface area contributed by atoms with Gasteiger partial charge in [0.1, 0.15) is 0 Å². The number of nitrogens with one attached hydrogen (secondary N) is 1. The Bertz CT molecular complexity index is 852. The average Bonchev–Trinajstić information content (AvgIpc) is 3.33. The molecule has 3 N–H and O–H groups in total. The molecule has 2 atom stereocenters. The van der Waals surface area contributed by atoms with Gasteiger partial charge in [-0.1, -0.05) is 24.8 Å². The second kappa shape index (κ2) is 7.40. The molecule has 0 unspecified atom stereocenters. The molecule has 138 valence electrons. The summed E-state index contributed by atoms with van der Waals surface area (Å²) in [6.45, 7) is 2.00. The molecule has 26 heavy (non-hydrogen) atoms. The zero-order valence-corrected chi connectivity index (χ0v) is 14.7. The maximum atomic E-state index is 13.4. The Balaban J connectivity index is 1.81. The van der Waals surface area contributed by atoms with Gasteiger partial charge in [0, 0.05) is 17.7 Å². The Morgan fingerprint density at radius 1 is 1.38 bits per heavy atom. The highest BCUT2D eigenvalue weighted by molar-refractivity contribution is 7.99. The van der Waals surface area contributed by atoms with E-state index in [2.05, 4.69) is 15.3 Å². The van der Waals surface area contributed by atoms with E-state index in [4.69, 9.17) is 5.73 Å². The van der Waals surface area contributed by atoms with Gasteiger partial charge in [0.25, 0.3) is 0 Å². The van der Waals surface area contributed by atoms with Crippen LogP contribution in [0.15, 0.2) is 23.4 Å². The van der Waals surface area contributed by atoms with E-state index in [-0.39, 0.29) is 29.3 Å². The molecule has 0 amide bonds. The molecule has 3 rings (SSSR count). The number of anilines is 2. The number of hydrogen-bond acceptors (Lipinski definition) is 7. The van der Waals surface area contributed by atoms with E-state index in [0.29, 0.717) is 17.1 Å². The van der Waals surface area contributed by atoms with E-state index < -0.39 is 16.6 Å². The van der Waals surface area contributed by atoms with Gasteiger partial charge in [-0.25, -0.2) is 8.78 Å². The smallest absolute Gasteiger partial charge is 0.353 e. The van der Waals surface area contributed by atoms with E-state index >= 15 is 0 Å².